The monoisotopic (exact) mass is 549 g/mol. The number of sulfonamides is 1. The summed E-state index contributed by atoms with van der Waals surface area (Å²) in [6.07, 6.45) is 6.45. The molecule has 0 saturated carbocycles. The van der Waals surface area contributed by atoms with Gasteiger partial charge in [-0.1, -0.05) is 38.7 Å². The third-order valence-electron chi connectivity index (χ3n) is 6.69. The van der Waals surface area contributed by atoms with E-state index in [1.165, 1.54) is 7.05 Å². The molecule has 0 unspecified atom stereocenters. The molecule has 0 bridgehead atoms. The maximum atomic E-state index is 13.8. The SMILES string of the molecule is CCCCCCCS(=O)(=O)c1ccc2c(c1)CCN2C(=O)c1cc(CN(C)C)ccc1N(C)S(C)(=O)=O. The van der Waals surface area contributed by atoms with Gasteiger partial charge in [-0.25, -0.2) is 16.8 Å². The summed E-state index contributed by atoms with van der Waals surface area (Å²) in [5.41, 5.74) is 2.97. The first kappa shape index (κ1) is 29.1. The number of rotatable bonds is 12. The fourth-order valence-electron chi connectivity index (χ4n) is 4.61. The van der Waals surface area contributed by atoms with Crippen molar-refractivity contribution in [1.82, 2.24) is 4.90 Å². The Balaban J connectivity index is 1.90. The summed E-state index contributed by atoms with van der Waals surface area (Å²) < 4.78 is 51.5. The van der Waals surface area contributed by atoms with E-state index in [4.69, 9.17) is 0 Å². The maximum Gasteiger partial charge on any atom is 0.260 e. The highest BCUT2D eigenvalue weighted by Crippen LogP contribution is 2.34. The minimum atomic E-state index is -3.58. The predicted molar refractivity (Wildman–Crippen MR) is 150 cm³/mol. The van der Waals surface area contributed by atoms with E-state index in [0.717, 1.165) is 47.4 Å². The zero-order chi connectivity index (χ0) is 27.4. The quantitative estimate of drug-likeness (QED) is 0.370. The Labute approximate surface area is 222 Å². The van der Waals surface area contributed by atoms with E-state index in [2.05, 4.69) is 6.92 Å². The molecule has 0 aliphatic carbocycles. The molecule has 204 valence electrons. The van der Waals surface area contributed by atoms with Gasteiger partial charge in [0, 0.05) is 25.8 Å². The minimum absolute atomic E-state index is 0.123. The molecule has 0 aromatic heterocycles. The lowest BCUT2D eigenvalue weighted by atomic mass is 10.1. The van der Waals surface area contributed by atoms with Crippen molar-refractivity contribution >= 4 is 37.1 Å². The standard InChI is InChI=1S/C27H39N3O5S2/c1-6-7-8-9-10-17-37(34,35)23-12-14-25-22(19-23)15-16-30(25)27(31)24-18-21(20-28(2)3)11-13-26(24)29(4)36(5,32)33/h11-14,18-19H,6-10,15-17,20H2,1-5H3. The number of benzene rings is 2. The van der Waals surface area contributed by atoms with Crippen LogP contribution in [0.4, 0.5) is 11.4 Å². The van der Waals surface area contributed by atoms with Crippen molar-refractivity contribution in [3.63, 3.8) is 0 Å². The molecular formula is C27H39N3O5S2. The molecular weight excluding hydrogens is 510 g/mol. The third-order valence-corrected chi connectivity index (χ3v) is 9.68. The largest absolute Gasteiger partial charge is 0.308 e. The van der Waals surface area contributed by atoms with E-state index in [1.807, 2.05) is 25.1 Å². The molecule has 1 aliphatic heterocycles. The molecule has 8 nitrogen and oxygen atoms in total. The highest BCUT2D eigenvalue weighted by atomic mass is 32.2. The fraction of sp³-hybridized carbons (Fsp3) is 0.519. The van der Waals surface area contributed by atoms with Crippen LogP contribution in [0.25, 0.3) is 0 Å². The molecule has 3 rings (SSSR count). The Morgan fingerprint density at radius 1 is 0.946 bits per heavy atom. The summed E-state index contributed by atoms with van der Waals surface area (Å²) in [6.45, 7) is 3.12. The lowest BCUT2D eigenvalue weighted by Crippen LogP contribution is -2.33. The van der Waals surface area contributed by atoms with Crippen molar-refractivity contribution in [3.05, 3.63) is 53.1 Å². The van der Waals surface area contributed by atoms with Gasteiger partial charge in [0.2, 0.25) is 10.0 Å². The second-order valence-electron chi connectivity index (χ2n) is 10.1. The summed E-state index contributed by atoms with van der Waals surface area (Å²) in [5.74, 6) is -0.186. The van der Waals surface area contributed by atoms with Crippen LogP contribution in [0.15, 0.2) is 41.3 Å². The normalized spacial score (nSPS) is 13.7. The van der Waals surface area contributed by atoms with Gasteiger partial charge in [-0.3, -0.25) is 9.10 Å². The number of hydrogen-bond acceptors (Lipinski definition) is 6. The molecule has 1 aliphatic rings. The number of unbranched alkanes of at least 4 members (excludes halogenated alkanes) is 4. The van der Waals surface area contributed by atoms with Gasteiger partial charge in [-0.2, -0.15) is 0 Å². The minimum Gasteiger partial charge on any atom is -0.308 e. The van der Waals surface area contributed by atoms with Crippen molar-refractivity contribution in [2.24, 2.45) is 0 Å². The van der Waals surface area contributed by atoms with Crippen molar-refractivity contribution in [3.8, 4) is 0 Å². The van der Waals surface area contributed by atoms with Crippen LogP contribution in [0.3, 0.4) is 0 Å². The average Bonchev–Trinajstić information content (AvgIpc) is 3.25. The Hall–Kier alpha value is -2.43. The van der Waals surface area contributed by atoms with E-state index in [0.29, 0.717) is 47.8 Å². The van der Waals surface area contributed by atoms with Crippen LogP contribution in [0.5, 0.6) is 0 Å². The van der Waals surface area contributed by atoms with Crippen molar-refractivity contribution < 1.29 is 21.6 Å². The van der Waals surface area contributed by atoms with Gasteiger partial charge in [-0.15, -0.1) is 0 Å². The topological polar surface area (TPSA) is 95.1 Å². The van der Waals surface area contributed by atoms with Gasteiger partial charge in [-0.05, 0) is 68.4 Å². The molecule has 37 heavy (non-hydrogen) atoms. The molecule has 0 N–H and O–H groups in total. The fourth-order valence-corrected chi connectivity index (χ4v) is 6.55. The second-order valence-corrected chi connectivity index (χ2v) is 14.2. The Morgan fingerprint density at radius 2 is 1.65 bits per heavy atom. The highest BCUT2D eigenvalue weighted by Gasteiger charge is 2.30. The molecule has 2 aromatic rings. The van der Waals surface area contributed by atoms with E-state index in [9.17, 15) is 21.6 Å². The lowest BCUT2D eigenvalue weighted by molar-refractivity contribution is 0.0990. The van der Waals surface area contributed by atoms with Crippen LogP contribution in [-0.4, -0.2) is 67.3 Å². The first-order chi connectivity index (χ1) is 17.3. The summed E-state index contributed by atoms with van der Waals surface area (Å²) >= 11 is 0. The predicted octanol–water partition coefficient (Wildman–Crippen LogP) is 4.09. The first-order valence-corrected chi connectivity index (χ1v) is 16.2. The van der Waals surface area contributed by atoms with Crippen molar-refractivity contribution in [2.45, 2.75) is 56.9 Å². The smallest absolute Gasteiger partial charge is 0.260 e. The lowest BCUT2D eigenvalue weighted by Gasteiger charge is -2.24. The maximum absolute atomic E-state index is 13.8. The highest BCUT2D eigenvalue weighted by molar-refractivity contribution is 7.92. The van der Waals surface area contributed by atoms with Crippen LogP contribution in [0.2, 0.25) is 0 Å². The third kappa shape index (κ3) is 7.12. The number of sulfone groups is 1. The van der Waals surface area contributed by atoms with E-state index in [1.54, 1.807) is 35.2 Å². The molecule has 2 aromatic carbocycles. The summed E-state index contributed by atoms with van der Waals surface area (Å²) in [6, 6.07) is 10.2. The van der Waals surface area contributed by atoms with E-state index >= 15 is 0 Å². The number of carbonyl (C=O) groups is 1. The van der Waals surface area contributed by atoms with Crippen LogP contribution in [-0.2, 0) is 32.8 Å². The van der Waals surface area contributed by atoms with Gasteiger partial charge < -0.3 is 9.80 Å². The Bertz CT molecular complexity index is 1340. The van der Waals surface area contributed by atoms with E-state index in [-0.39, 0.29) is 11.7 Å². The number of amides is 1. The van der Waals surface area contributed by atoms with Gasteiger partial charge in [0.15, 0.2) is 9.84 Å². The molecule has 0 saturated heterocycles. The van der Waals surface area contributed by atoms with Crippen LogP contribution >= 0.6 is 0 Å². The zero-order valence-electron chi connectivity index (χ0n) is 22.5. The van der Waals surface area contributed by atoms with Crippen molar-refractivity contribution in [2.75, 3.05) is 48.9 Å². The van der Waals surface area contributed by atoms with Gasteiger partial charge in [0.05, 0.1) is 28.2 Å². The Kier molecular flexibility index (Phi) is 9.42. The second kappa shape index (κ2) is 12.0. The number of nitrogens with zero attached hydrogens (tertiary/aromatic N) is 3. The van der Waals surface area contributed by atoms with Gasteiger partial charge in [0.1, 0.15) is 0 Å². The molecule has 1 heterocycles. The zero-order valence-corrected chi connectivity index (χ0v) is 24.2. The Morgan fingerprint density at radius 3 is 2.30 bits per heavy atom. The molecule has 0 fully saturated rings. The van der Waals surface area contributed by atoms with Crippen LogP contribution in [0, 0.1) is 0 Å². The van der Waals surface area contributed by atoms with E-state index < -0.39 is 19.9 Å². The van der Waals surface area contributed by atoms with Gasteiger partial charge in [0.25, 0.3) is 5.91 Å². The molecule has 0 atom stereocenters. The molecule has 10 heteroatoms. The number of fused-ring (bicyclic) bond motifs is 1. The number of anilines is 2. The number of carbonyl (C=O) groups excluding carboxylic acids is 1. The molecule has 1 amide bonds. The van der Waals surface area contributed by atoms with Crippen LogP contribution in [0.1, 0.15) is 60.5 Å². The average molecular weight is 550 g/mol. The van der Waals surface area contributed by atoms with Crippen LogP contribution < -0.4 is 9.21 Å². The number of hydrogen-bond donors (Lipinski definition) is 0. The van der Waals surface area contributed by atoms with Gasteiger partial charge >= 0.3 is 0 Å². The van der Waals surface area contributed by atoms with Crippen molar-refractivity contribution in [1.29, 1.82) is 0 Å². The first-order valence-electron chi connectivity index (χ1n) is 12.7. The molecule has 0 spiro atoms. The summed E-state index contributed by atoms with van der Waals surface area (Å²) in [4.78, 5) is 17.7. The molecule has 0 radical (unpaired) electrons. The summed E-state index contributed by atoms with van der Waals surface area (Å²) in [7, 11) is -1.69. The summed E-state index contributed by atoms with van der Waals surface area (Å²) in [5, 5.41) is 0.